The van der Waals surface area contributed by atoms with Gasteiger partial charge in [-0.25, -0.2) is 4.79 Å². The average Bonchev–Trinajstić information content (AvgIpc) is 3.30. The van der Waals surface area contributed by atoms with Crippen LogP contribution in [-0.4, -0.2) is 18.2 Å². The molecule has 3 N–H and O–H groups in total. The maximum absolute atomic E-state index is 14.8. The first-order valence-electron chi connectivity index (χ1n) is 9.89. The first-order valence-corrected chi connectivity index (χ1v) is 10.8. The van der Waals surface area contributed by atoms with Crippen LogP contribution >= 0.6 is 11.3 Å². The minimum absolute atomic E-state index is 0.0673. The van der Waals surface area contributed by atoms with Crippen molar-refractivity contribution in [1.29, 1.82) is 0 Å². The van der Waals surface area contributed by atoms with Gasteiger partial charge >= 0.3 is 18.1 Å². The highest BCUT2D eigenvalue weighted by molar-refractivity contribution is 7.08. The second-order valence-corrected chi connectivity index (χ2v) is 8.10. The number of alkyl halides is 5. The number of rotatable bonds is 6. The zero-order chi connectivity index (χ0) is 25.2. The fraction of sp³-hybridized carbons (Fsp3) is 0.0870. The summed E-state index contributed by atoms with van der Waals surface area (Å²) in [6.07, 6.45) is -2.19. The molecule has 0 bridgehead atoms. The van der Waals surface area contributed by atoms with Crippen molar-refractivity contribution in [1.82, 2.24) is 5.32 Å². The van der Waals surface area contributed by atoms with E-state index in [0.29, 0.717) is 11.1 Å². The highest BCUT2D eigenvalue weighted by Gasteiger charge is 2.42. The van der Waals surface area contributed by atoms with Crippen molar-refractivity contribution in [2.45, 2.75) is 12.1 Å². The second-order valence-electron chi connectivity index (χ2n) is 7.32. The summed E-state index contributed by atoms with van der Waals surface area (Å²) in [4.78, 5) is 28.3. The lowest BCUT2D eigenvalue weighted by Gasteiger charge is -2.20. The van der Waals surface area contributed by atoms with E-state index >= 15 is 0 Å². The van der Waals surface area contributed by atoms with Crippen LogP contribution in [-0.2, 0) is 16.9 Å². The van der Waals surface area contributed by atoms with Gasteiger partial charge in [-0.15, -0.1) is 0 Å². The molecule has 35 heavy (non-hydrogen) atoms. The molecule has 0 saturated carbocycles. The summed E-state index contributed by atoms with van der Waals surface area (Å²) in [5.74, 6) is -5.54. The third kappa shape index (κ3) is 5.38. The van der Waals surface area contributed by atoms with Crippen LogP contribution < -0.4 is 16.0 Å². The molecule has 1 aliphatic rings. The lowest BCUT2D eigenvalue weighted by Crippen LogP contribution is -2.38. The Bertz CT molecular complexity index is 1330. The molecule has 0 saturated heterocycles. The van der Waals surface area contributed by atoms with Gasteiger partial charge in [0.05, 0.1) is 29.4 Å². The SMILES string of the molecule is O=C(Nc1cccc(C(F)(F)F)c1)Nc1cc(C(F)(F)C(=O)NC2=CN=C2)ccc1-c1ccsc1. The Morgan fingerprint density at radius 2 is 1.66 bits per heavy atom. The molecule has 2 heterocycles. The molecule has 3 aromatic rings. The zero-order valence-corrected chi connectivity index (χ0v) is 18.3. The van der Waals surface area contributed by atoms with E-state index in [9.17, 15) is 31.5 Å². The van der Waals surface area contributed by atoms with Crippen molar-refractivity contribution in [2.24, 2.45) is 4.99 Å². The van der Waals surface area contributed by atoms with Crippen LogP contribution in [0.1, 0.15) is 11.1 Å². The van der Waals surface area contributed by atoms with Crippen LogP contribution in [0.25, 0.3) is 11.1 Å². The number of benzene rings is 2. The number of hydrogen-bond donors (Lipinski definition) is 3. The third-order valence-corrected chi connectivity index (χ3v) is 5.56. The molecule has 3 amide bonds. The Hall–Kier alpha value is -4.06. The van der Waals surface area contributed by atoms with Gasteiger partial charge in [0.15, 0.2) is 0 Å². The molecule has 0 aliphatic carbocycles. The molecule has 0 atom stereocenters. The van der Waals surface area contributed by atoms with Gasteiger partial charge in [-0.3, -0.25) is 9.79 Å². The maximum atomic E-state index is 14.8. The summed E-state index contributed by atoms with van der Waals surface area (Å²) in [6, 6.07) is 8.03. The van der Waals surface area contributed by atoms with Gasteiger partial charge < -0.3 is 16.0 Å². The zero-order valence-electron chi connectivity index (χ0n) is 17.5. The van der Waals surface area contributed by atoms with Gasteiger partial charge in [-0.1, -0.05) is 18.2 Å². The van der Waals surface area contributed by atoms with Crippen molar-refractivity contribution in [3.63, 3.8) is 0 Å². The monoisotopic (exact) mass is 506 g/mol. The first kappa shape index (κ1) is 24.1. The average molecular weight is 506 g/mol. The molecule has 12 heteroatoms. The number of carbonyl (C=O) groups excluding carboxylic acids is 2. The number of nitrogens with zero attached hydrogens (tertiary/aromatic N) is 1. The number of aliphatic imine (C=N–C) groups is 1. The van der Waals surface area contributed by atoms with Crippen LogP contribution in [0.5, 0.6) is 0 Å². The normalized spacial score (nSPS) is 13.0. The van der Waals surface area contributed by atoms with Gasteiger partial charge in [-0.05, 0) is 46.7 Å². The molecule has 4 rings (SSSR count). The lowest BCUT2D eigenvalue weighted by molar-refractivity contribution is -0.146. The number of halogens is 5. The van der Waals surface area contributed by atoms with E-state index in [-0.39, 0.29) is 17.1 Å². The van der Waals surface area contributed by atoms with E-state index in [2.05, 4.69) is 15.6 Å². The van der Waals surface area contributed by atoms with E-state index in [1.54, 1.807) is 16.8 Å². The van der Waals surface area contributed by atoms with Crippen LogP contribution in [0.3, 0.4) is 0 Å². The Balaban J connectivity index is 1.61. The van der Waals surface area contributed by atoms with Gasteiger partial charge in [0.1, 0.15) is 0 Å². The minimum atomic E-state index is -4.61. The standard InChI is InChI=1S/C23H15F5N4O2S/c24-22(25,20(33)30-17-10-29-11-17)14-4-5-18(13-6-7-35-12-13)19(9-14)32-21(34)31-16-3-1-2-15(8-16)23(26,27)28/h1-12H,(H,30,33)(H2,31,32,34). The van der Waals surface area contributed by atoms with E-state index in [0.717, 1.165) is 30.3 Å². The molecule has 0 spiro atoms. The summed E-state index contributed by atoms with van der Waals surface area (Å²) >= 11 is 1.33. The number of anilines is 2. The highest BCUT2D eigenvalue weighted by atomic mass is 32.1. The topological polar surface area (TPSA) is 82.6 Å². The summed E-state index contributed by atoms with van der Waals surface area (Å²) in [6.45, 7) is 0. The number of allylic oxidation sites excluding steroid dienone is 1. The van der Waals surface area contributed by atoms with Crippen molar-refractivity contribution < 1.29 is 31.5 Å². The number of hydrogen-bond acceptors (Lipinski definition) is 4. The number of amides is 3. The number of urea groups is 1. The van der Waals surface area contributed by atoms with Gasteiger partial charge in [0.2, 0.25) is 0 Å². The van der Waals surface area contributed by atoms with Crippen LogP contribution in [0.4, 0.5) is 38.1 Å². The largest absolute Gasteiger partial charge is 0.416 e. The van der Waals surface area contributed by atoms with Crippen LogP contribution in [0.2, 0.25) is 0 Å². The van der Waals surface area contributed by atoms with Crippen molar-refractivity contribution in [3.8, 4) is 11.1 Å². The molecular formula is C23H15F5N4O2S. The van der Waals surface area contributed by atoms with Crippen LogP contribution in [0.15, 0.2) is 76.2 Å². The smallest absolute Gasteiger partial charge is 0.318 e. The fourth-order valence-corrected chi connectivity index (χ4v) is 3.78. The van der Waals surface area contributed by atoms with Gasteiger partial charge in [-0.2, -0.15) is 33.3 Å². The fourth-order valence-electron chi connectivity index (χ4n) is 3.12. The van der Waals surface area contributed by atoms with Crippen molar-refractivity contribution in [3.05, 3.63) is 82.3 Å². The number of nitrogens with one attached hydrogen (secondary N) is 3. The number of thiophene rings is 1. The van der Waals surface area contributed by atoms with E-state index in [4.69, 9.17) is 0 Å². The van der Waals surface area contributed by atoms with Crippen molar-refractivity contribution >= 4 is 40.9 Å². The molecule has 1 aliphatic heterocycles. The molecule has 180 valence electrons. The predicted molar refractivity (Wildman–Crippen MR) is 122 cm³/mol. The summed E-state index contributed by atoms with van der Waals surface area (Å²) < 4.78 is 68.5. The van der Waals surface area contributed by atoms with E-state index < -0.39 is 35.2 Å². The van der Waals surface area contributed by atoms with Crippen molar-refractivity contribution in [2.75, 3.05) is 10.6 Å². The molecule has 2 aromatic carbocycles. The van der Waals surface area contributed by atoms with E-state index in [1.807, 2.05) is 5.32 Å². The van der Waals surface area contributed by atoms with Crippen LogP contribution in [0, 0.1) is 0 Å². The quantitative estimate of drug-likeness (QED) is 0.348. The minimum Gasteiger partial charge on any atom is -0.318 e. The molecule has 0 fully saturated rings. The van der Waals surface area contributed by atoms with E-state index in [1.165, 1.54) is 35.9 Å². The second kappa shape index (κ2) is 9.29. The first-order chi connectivity index (χ1) is 16.5. The predicted octanol–water partition coefficient (Wildman–Crippen LogP) is 6.21. The summed E-state index contributed by atoms with van der Waals surface area (Å²) in [7, 11) is 0. The summed E-state index contributed by atoms with van der Waals surface area (Å²) in [5.41, 5.74) is -0.760. The molecule has 0 unspecified atom stereocenters. The Kier molecular flexibility index (Phi) is 6.39. The third-order valence-electron chi connectivity index (χ3n) is 4.88. The Morgan fingerprint density at radius 3 is 2.29 bits per heavy atom. The Morgan fingerprint density at radius 1 is 0.886 bits per heavy atom. The molecule has 0 radical (unpaired) electrons. The maximum Gasteiger partial charge on any atom is 0.416 e. The molecule has 6 nitrogen and oxygen atoms in total. The lowest BCUT2D eigenvalue weighted by atomic mass is 10.00. The highest BCUT2D eigenvalue weighted by Crippen LogP contribution is 2.37. The summed E-state index contributed by atoms with van der Waals surface area (Å²) in [5, 5.41) is 10.2. The van der Waals surface area contributed by atoms with Gasteiger partial charge in [0, 0.05) is 16.8 Å². The Labute approximate surface area is 199 Å². The molecule has 1 aromatic heterocycles. The molecular weight excluding hydrogens is 491 g/mol. The number of carbonyl (C=O) groups is 2. The van der Waals surface area contributed by atoms with Gasteiger partial charge in [0.25, 0.3) is 5.91 Å².